The maximum Gasteiger partial charge on any atom is 0.119 e. The molecule has 2 nitrogen and oxygen atoms in total. The van der Waals surface area contributed by atoms with E-state index in [0.29, 0.717) is 11.7 Å². The minimum Gasteiger partial charge on any atom is -0.508 e. The van der Waals surface area contributed by atoms with E-state index in [9.17, 15) is 5.11 Å². The fourth-order valence-corrected chi connectivity index (χ4v) is 3.09. The van der Waals surface area contributed by atoms with Crippen molar-refractivity contribution in [2.24, 2.45) is 0 Å². The van der Waals surface area contributed by atoms with E-state index in [0.717, 1.165) is 31.5 Å². The van der Waals surface area contributed by atoms with Crippen molar-refractivity contribution in [3.63, 3.8) is 0 Å². The van der Waals surface area contributed by atoms with Crippen LogP contribution in [0.4, 0.5) is 0 Å². The second-order valence-corrected chi connectivity index (χ2v) is 5.65. The smallest absolute Gasteiger partial charge is 0.119 e. The Morgan fingerprint density at radius 1 is 1.14 bits per heavy atom. The van der Waals surface area contributed by atoms with Gasteiger partial charge in [-0.2, -0.15) is 0 Å². The molecule has 0 saturated heterocycles. The van der Waals surface area contributed by atoms with E-state index in [1.165, 1.54) is 16.7 Å². The van der Waals surface area contributed by atoms with Crippen LogP contribution in [0.2, 0.25) is 0 Å². The third kappa shape index (κ3) is 3.39. The van der Waals surface area contributed by atoms with Crippen molar-refractivity contribution >= 4 is 12.4 Å². The largest absolute Gasteiger partial charge is 0.508 e. The third-order valence-electron chi connectivity index (χ3n) is 4.20. The first-order chi connectivity index (χ1) is 9.75. The number of rotatable bonds is 2. The quantitative estimate of drug-likeness (QED) is 0.887. The second kappa shape index (κ2) is 6.97. The number of aromatic hydroxyl groups is 1. The van der Waals surface area contributed by atoms with Crippen LogP contribution in [0.1, 0.15) is 35.1 Å². The molecule has 0 aliphatic carbocycles. The van der Waals surface area contributed by atoms with Crippen molar-refractivity contribution in [1.82, 2.24) is 5.32 Å². The van der Waals surface area contributed by atoms with Gasteiger partial charge in [-0.25, -0.2) is 0 Å². The van der Waals surface area contributed by atoms with Gasteiger partial charge in [0.2, 0.25) is 0 Å². The van der Waals surface area contributed by atoms with Crippen LogP contribution < -0.4 is 5.32 Å². The summed E-state index contributed by atoms with van der Waals surface area (Å²) in [5, 5.41) is 13.8. The van der Waals surface area contributed by atoms with Crippen LogP contribution in [0.15, 0.2) is 42.5 Å². The highest BCUT2D eigenvalue weighted by molar-refractivity contribution is 5.85. The molecule has 2 aromatic rings. The molecule has 0 saturated carbocycles. The zero-order valence-electron chi connectivity index (χ0n) is 12.3. The number of halogens is 1. The van der Waals surface area contributed by atoms with Crippen LogP contribution in [0, 0.1) is 0 Å². The van der Waals surface area contributed by atoms with Crippen LogP contribution in [0.3, 0.4) is 0 Å². The number of fused-ring (bicyclic) bond motifs is 1. The molecule has 0 aromatic heterocycles. The maximum absolute atomic E-state index is 10.3. The fraction of sp³-hybridized carbons (Fsp3) is 0.333. The van der Waals surface area contributed by atoms with E-state index in [-0.39, 0.29) is 12.4 Å². The Morgan fingerprint density at radius 2 is 1.90 bits per heavy atom. The van der Waals surface area contributed by atoms with Gasteiger partial charge in [0.25, 0.3) is 0 Å². The molecule has 112 valence electrons. The van der Waals surface area contributed by atoms with E-state index in [2.05, 4.69) is 42.6 Å². The van der Waals surface area contributed by atoms with Gasteiger partial charge in [0.05, 0.1) is 0 Å². The van der Waals surface area contributed by atoms with E-state index in [1.807, 2.05) is 12.1 Å². The second-order valence-electron chi connectivity index (χ2n) is 5.65. The molecule has 2 aromatic carbocycles. The Balaban J connectivity index is 0.00000161. The van der Waals surface area contributed by atoms with Crippen molar-refractivity contribution in [3.05, 3.63) is 64.7 Å². The summed E-state index contributed by atoms with van der Waals surface area (Å²) in [6, 6.07) is 14.3. The molecule has 1 heterocycles. The van der Waals surface area contributed by atoms with Crippen molar-refractivity contribution in [2.45, 2.75) is 25.7 Å². The summed E-state index contributed by atoms with van der Waals surface area (Å²) in [6.07, 6.45) is 1.80. The van der Waals surface area contributed by atoms with Gasteiger partial charge < -0.3 is 10.4 Å². The molecule has 0 unspecified atom stereocenters. The molecule has 3 rings (SSSR count). The first-order valence-electron chi connectivity index (χ1n) is 7.34. The zero-order chi connectivity index (χ0) is 13.9. The van der Waals surface area contributed by atoms with Gasteiger partial charge in [0, 0.05) is 18.5 Å². The van der Waals surface area contributed by atoms with Gasteiger partial charge in [0.15, 0.2) is 0 Å². The first-order valence-corrected chi connectivity index (χ1v) is 7.34. The Labute approximate surface area is 132 Å². The minimum absolute atomic E-state index is 0. The van der Waals surface area contributed by atoms with Gasteiger partial charge in [-0.15, -0.1) is 12.4 Å². The lowest BCUT2D eigenvalue weighted by molar-refractivity contribution is 0.468. The zero-order valence-corrected chi connectivity index (χ0v) is 13.1. The summed E-state index contributed by atoms with van der Waals surface area (Å²) in [5.74, 6) is 0.935. The Hall–Kier alpha value is -1.51. The summed E-state index contributed by atoms with van der Waals surface area (Å²) in [4.78, 5) is 0. The highest BCUT2D eigenvalue weighted by Gasteiger charge is 2.19. The van der Waals surface area contributed by atoms with Gasteiger partial charge in [-0.05, 0) is 41.6 Å². The molecular weight excluding hydrogens is 282 g/mol. The summed E-state index contributed by atoms with van der Waals surface area (Å²) < 4.78 is 0. The van der Waals surface area contributed by atoms with Crippen molar-refractivity contribution in [2.75, 3.05) is 13.1 Å². The molecule has 0 bridgehead atoms. The van der Waals surface area contributed by atoms with Gasteiger partial charge in [0.1, 0.15) is 5.75 Å². The number of phenolic OH excluding ortho intramolecular Hbond substituents is 1. The summed E-state index contributed by atoms with van der Waals surface area (Å²) in [6.45, 7) is 4.26. The molecule has 0 amide bonds. The standard InChI is InChI=1S/C18H21NO.ClH/c1-13-12-19-10-9-16-15(13)7-8-18(20)17(16)11-14-5-3-2-4-6-14;/h2-8,13,19-20H,9-12H2,1H3;1H/t13-;/m1./s1. The Morgan fingerprint density at radius 3 is 2.67 bits per heavy atom. The highest BCUT2D eigenvalue weighted by Crippen LogP contribution is 2.32. The average Bonchev–Trinajstić information content (AvgIpc) is 2.65. The maximum atomic E-state index is 10.3. The van der Waals surface area contributed by atoms with Crippen molar-refractivity contribution in [1.29, 1.82) is 0 Å². The molecule has 3 heteroatoms. The molecule has 2 N–H and O–H groups in total. The number of phenols is 1. The lowest BCUT2D eigenvalue weighted by Crippen LogP contribution is -2.18. The topological polar surface area (TPSA) is 32.3 Å². The lowest BCUT2D eigenvalue weighted by atomic mass is 9.88. The molecule has 1 aliphatic heterocycles. The summed E-state index contributed by atoms with van der Waals surface area (Å²) in [5.41, 5.74) is 5.08. The van der Waals surface area contributed by atoms with E-state index in [1.54, 1.807) is 0 Å². The third-order valence-corrected chi connectivity index (χ3v) is 4.20. The molecule has 0 radical (unpaired) electrons. The molecule has 0 fully saturated rings. The van der Waals surface area contributed by atoms with E-state index in [4.69, 9.17) is 0 Å². The summed E-state index contributed by atoms with van der Waals surface area (Å²) in [7, 11) is 0. The molecular formula is C18H22ClNO. The van der Waals surface area contributed by atoms with E-state index >= 15 is 0 Å². The Bertz CT molecular complexity index is 598. The number of nitrogens with one attached hydrogen (secondary N) is 1. The SMILES string of the molecule is C[C@@H]1CNCCc2c1ccc(O)c2Cc1ccccc1.Cl. The lowest BCUT2D eigenvalue weighted by Gasteiger charge is -2.17. The predicted molar refractivity (Wildman–Crippen MR) is 89.6 cm³/mol. The molecule has 1 atom stereocenters. The van der Waals surface area contributed by atoms with Gasteiger partial charge in [-0.1, -0.05) is 43.3 Å². The van der Waals surface area contributed by atoms with Crippen LogP contribution in [-0.4, -0.2) is 18.2 Å². The number of benzene rings is 2. The van der Waals surface area contributed by atoms with Crippen LogP contribution >= 0.6 is 12.4 Å². The van der Waals surface area contributed by atoms with Gasteiger partial charge >= 0.3 is 0 Å². The normalized spacial score (nSPS) is 17.5. The minimum atomic E-state index is 0. The molecule has 21 heavy (non-hydrogen) atoms. The van der Waals surface area contributed by atoms with Crippen LogP contribution in [0.5, 0.6) is 5.75 Å². The van der Waals surface area contributed by atoms with E-state index < -0.39 is 0 Å². The molecule has 0 spiro atoms. The van der Waals surface area contributed by atoms with Crippen LogP contribution in [-0.2, 0) is 12.8 Å². The molecule has 1 aliphatic rings. The Kier molecular flexibility index (Phi) is 5.27. The first kappa shape index (κ1) is 15.9. The van der Waals surface area contributed by atoms with Crippen molar-refractivity contribution in [3.8, 4) is 5.75 Å². The van der Waals surface area contributed by atoms with Crippen LogP contribution in [0.25, 0.3) is 0 Å². The predicted octanol–water partition coefficient (Wildman–Crippen LogP) is 3.65. The summed E-state index contributed by atoms with van der Waals surface area (Å²) >= 11 is 0. The highest BCUT2D eigenvalue weighted by atomic mass is 35.5. The number of hydrogen-bond donors (Lipinski definition) is 2. The monoisotopic (exact) mass is 303 g/mol. The average molecular weight is 304 g/mol. The number of hydrogen-bond acceptors (Lipinski definition) is 2. The fourth-order valence-electron chi connectivity index (χ4n) is 3.09. The van der Waals surface area contributed by atoms with Gasteiger partial charge in [-0.3, -0.25) is 0 Å². The van der Waals surface area contributed by atoms with Crippen molar-refractivity contribution < 1.29 is 5.11 Å².